The van der Waals surface area contributed by atoms with E-state index in [-0.39, 0.29) is 0 Å². The third kappa shape index (κ3) is 3.52. The summed E-state index contributed by atoms with van der Waals surface area (Å²) >= 11 is 0. The Morgan fingerprint density at radius 1 is 1.13 bits per heavy atom. The first-order valence-corrected chi connectivity index (χ1v) is 10.6. The van der Waals surface area contributed by atoms with Crippen LogP contribution in [0.2, 0.25) is 0 Å². The van der Waals surface area contributed by atoms with Crippen molar-refractivity contribution in [2.45, 2.75) is 26.2 Å². The van der Waals surface area contributed by atoms with Crippen molar-refractivity contribution in [2.24, 2.45) is 13.0 Å². The molecule has 0 radical (unpaired) electrons. The molecule has 0 unspecified atom stereocenters. The number of fused-ring (bicyclic) bond motifs is 1. The van der Waals surface area contributed by atoms with Crippen LogP contribution in [0, 0.1) is 17.2 Å². The number of pyridine rings is 1. The second-order valence-electron chi connectivity index (χ2n) is 8.11. The lowest BCUT2D eigenvalue weighted by Crippen LogP contribution is -2.35. The maximum Gasteiger partial charge on any atom is 0.128 e. The van der Waals surface area contributed by atoms with E-state index in [0.29, 0.717) is 16.8 Å². The first-order valence-electron chi connectivity index (χ1n) is 10.6. The van der Waals surface area contributed by atoms with Gasteiger partial charge >= 0.3 is 0 Å². The lowest BCUT2D eigenvalue weighted by Gasteiger charge is -2.33. The molecule has 5 heterocycles. The van der Waals surface area contributed by atoms with Gasteiger partial charge in [-0.1, -0.05) is 13.3 Å². The van der Waals surface area contributed by atoms with Crippen LogP contribution in [0.15, 0.2) is 43.1 Å². The molecule has 0 N–H and O–H groups in total. The molecule has 1 atom stereocenters. The fourth-order valence-corrected chi connectivity index (χ4v) is 4.31. The number of hydrogen-bond acceptors (Lipinski definition) is 6. The SMILES string of the molecule is CC[C@@H]1CCCN(c2ccc(-c3nc(-c4cnn(C)c4)cn4ncc(C#N)c34)cn2)C1. The molecule has 4 aromatic rings. The van der Waals surface area contributed by atoms with Crippen molar-refractivity contribution in [2.75, 3.05) is 18.0 Å². The second-order valence-corrected chi connectivity index (χ2v) is 8.11. The highest BCUT2D eigenvalue weighted by Gasteiger charge is 2.20. The molecule has 0 saturated carbocycles. The van der Waals surface area contributed by atoms with Gasteiger partial charge in [0.2, 0.25) is 0 Å². The van der Waals surface area contributed by atoms with E-state index in [2.05, 4.69) is 34.2 Å². The van der Waals surface area contributed by atoms with Gasteiger partial charge in [-0.15, -0.1) is 0 Å². The molecule has 1 fully saturated rings. The van der Waals surface area contributed by atoms with Gasteiger partial charge in [0.25, 0.3) is 0 Å². The molecule has 1 saturated heterocycles. The molecule has 1 aliphatic rings. The number of hydrogen-bond donors (Lipinski definition) is 0. The van der Waals surface area contributed by atoms with E-state index in [1.165, 1.54) is 19.3 Å². The molecule has 156 valence electrons. The Labute approximate surface area is 180 Å². The summed E-state index contributed by atoms with van der Waals surface area (Å²) in [6.45, 7) is 4.36. The minimum atomic E-state index is 0.492. The van der Waals surface area contributed by atoms with E-state index < -0.39 is 0 Å². The molecule has 0 bridgehead atoms. The Bertz CT molecular complexity index is 1260. The first kappa shape index (κ1) is 19.2. The number of nitrogens with zero attached hydrogens (tertiary/aromatic N) is 8. The van der Waals surface area contributed by atoms with Crippen LogP contribution in [-0.4, -0.2) is 42.5 Å². The highest BCUT2D eigenvalue weighted by Crippen LogP contribution is 2.30. The van der Waals surface area contributed by atoms with Crippen molar-refractivity contribution in [3.05, 3.63) is 48.7 Å². The van der Waals surface area contributed by atoms with Crippen molar-refractivity contribution in [1.82, 2.24) is 29.4 Å². The molecule has 0 aliphatic carbocycles. The molecule has 1 aliphatic heterocycles. The van der Waals surface area contributed by atoms with E-state index in [9.17, 15) is 5.26 Å². The number of nitriles is 1. The molecular formula is C23H24N8. The number of aryl methyl sites for hydroxylation is 1. The summed E-state index contributed by atoms with van der Waals surface area (Å²) in [4.78, 5) is 12.0. The van der Waals surface area contributed by atoms with E-state index in [1.807, 2.05) is 31.7 Å². The zero-order valence-corrected chi connectivity index (χ0v) is 17.7. The van der Waals surface area contributed by atoms with E-state index >= 15 is 0 Å². The van der Waals surface area contributed by atoms with Gasteiger partial charge in [-0.3, -0.25) is 4.68 Å². The van der Waals surface area contributed by atoms with Crippen LogP contribution >= 0.6 is 0 Å². The maximum absolute atomic E-state index is 9.58. The third-order valence-electron chi connectivity index (χ3n) is 6.06. The van der Waals surface area contributed by atoms with Crippen molar-refractivity contribution in [3.63, 3.8) is 0 Å². The van der Waals surface area contributed by atoms with Crippen molar-refractivity contribution < 1.29 is 0 Å². The Balaban J connectivity index is 1.57. The molecule has 0 amide bonds. The summed E-state index contributed by atoms with van der Waals surface area (Å²) in [6, 6.07) is 6.33. The molecule has 8 heteroatoms. The number of piperidine rings is 1. The molecule has 0 spiro atoms. The topological polar surface area (TPSA) is 87.9 Å². The fourth-order valence-electron chi connectivity index (χ4n) is 4.31. The Morgan fingerprint density at radius 2 is 2.03 bits per heavy atom. The van der Waals surface area contributed by atoms with Crippen LogP contribution in [0.5, 0.6) is 0 Å². The standard InChI is InChI=1S/C23H24N8/c1-3-16-5-4-8-30(13-16)21-7-6-17(10-25-21)22-23-18(9-24)11-27-31(23)15-20(28-22)19-12-26-29(2)14-19/h6-7,10-12,14-16H,3-5,8,13H2,1-2H3/t16-/m1/s1. The number of rotatable bonds is 4. The first-order chi connectivity index (χ1) is 15.2. The van der Waals surface area contributed by atoms with Crippen LogP contribution in [0.4, 0.5) is 5.82 Å². The van der Waals surface area contributed by atoms with Gasteiger partial charge < -0.3 is 4.90 Å². The van der Waals surface area contributed by atoms with Gasteiger partial charge in [-0.05, 0) is 30.9 Å². The lowest BCUT2D eigenvalue weighted by molar-refractivity contribution is 0.403. The molecular weight excluding hydrogens is 388 g/mol. The van der Waals surface area contributed by atoms with Crippen LogP contribution in [0.3, 0.4) is 0 Å². The predicted octanol–water partition coefficient (Wildman–Crippen LogP) is 3.69. The Hall–Kier alpha value is -3.73. The zero-order valence-electron chi connectivity index (χ0n) is 17.7. The van der Waals surface area contributed by atoms with Gasteiger partial charge in [0.1, 0.15) is 23.0 Å². The Kier molecular flexibility index (Phi) is 4.86. The van der Waals surface area contributed by atoms with Crippen molar-refractivity contribution in [1.29, 1.82) is 5.26 Å². The van der Waals surface area contributed by atoms with E-state index in [1.54, 1.807) is 21.6 Å². The summed E-state index contributed by atoms with van der Waals surface area (Å²) < 4.78 is 3.46. The summed E-state index contributed by atoms with van der Waals surface area (Å²) in [7, 11) is 1.87. The molecule has 0 aromatic carbocycles. The van der Waals surface area contributed by atoms with E-state index in [4.69, 9.17) is 9.97 Å². The maximum atomic E-state index is 9.58. The van der Waals surface area contributed by atoms with Crippen LogP contribution in [-0.2, 0) is 7.05 Å². The average molecular weight is 413 g/mol. The normalized spacial score (nSPS) is 16.5. The van der Waals surface area contributed by atoms with Crippen LogP contribution in [0.1, 0.15) is 31.7 Å². The summed E-state index contributed by atoms with van der Waals surface area (Å²) in [6.07, 6.45) is 12.7. The highest BCUT2D eigenvalue weighted by molar-refractivity contribution is 5.83. The summed E-state index contributed by atoms with van der Waals surface area (Å²) in [5.41, 5.74) is 4.37. The molecule has 8 nitrogen and oxygen atoms in total. The van der Waals surface area contributed by atoms with Crippen LogP contribution < -0.4 is 4.90 Å². The fraction of sp³-hybridized carbons (Fsp3) is 0.348. The van der Waals surface area contributed by atoms with Gasteiger partial charge in [-0.2, -0.15) is 15.5 Å². The number of aromatic nitrogens is 6. The quantitative estimate of drug-likeness (QED) is 0.508. The minimum absolute atomic E-state index is 0.492. The summed E-state index contributed by atoms with van der Waals surface area (Å²) in [5, 5.41) is 18.2. The third-order valence-corrected chi connectivity index (χ3v) is 6.06. The minimum Gasteiger partial charge on any atom is -0.356 e. The van der Waals surface area contributed by atoms with Gasteiger partial charge in [-0.25, -0.2) is 14.5 Å². The largest absolute Gasteiger partial charge is 0.356 e. The molecule has 31 heavy (non-hydrogen) atoms. The lowest BCUT2D eigenvalue weighted by atomic mass is 9.96. The molecule has 5 rings (SSSR count). The Morgan fingerprint density at radius 3 is 2.74 bits per heavy atom. The number of anilines is 1. The van der Waals surface area contributed by atoms with E-state index in [0.717, 1.165) is 41.6 Å². The smallest absolute Gasteiger partial charge is 0.128 e. The second kappa shape index (κ2) is 7.84. The predicted molar refractivity (Wildman–Crippen MR) is 118 cm³/mol. The molecule has 4 aromatic heterocycles. The van der Waals surface area contributed by atoms with Crippen LogP contribution in [0.25, 0.3) is 28.0 Å². The van der Waals surface area contributed by atoms with Gasteiger partial charge in [0.15, 0.2) is 0 Å². The zero-order chi connectivity index (χ0) is 21.4. The monoisotopic (exact) mass is 412 g/mol. The summed E-state index contributed by atoms with van der Waals surface area (Å²) in [5.74, 6) is 1.73. The average Bonchev–Trinajstić information content (AvgIpc) is 3.44. The highest BCUT2D eigenvalue weighted by atomic mass is 15.2. The van der Waals surface area contributed by atoms with Crippen molar-refractivity contribution in [3.8, 4) is 28.6 Å². The van der Waals surface area contributed by atoms with Gasteiger partial charge in [0, 0.05) is 43.7 Å². The van der Waals surface area contributed by atoms with Crippen molar-refractivity contribution >= 4 is 11.3 Å². The van der Waals surface area contributed by atoms with Gasteiger partial charge in [0.05, 0.1) is 30.0 Å².